The summed E-state index contributed by atoms with van der Waals surface area (Å²) in [6.07, 6.45) is 2.11. The first-order valence-corrected chi connectivity index (χ1v) is 6.99. The van der Waals surface area contributed by atoms with Crippen LogP contribution in [-0.4, -0.2) is 26.3 Å². The number of rotatable bonds is 10. The van der Waals surface area contributed by atoms with Gasteiger partial charge in [-0.25, -0.2) is 0 Å². The van der Waals surface area contributed by atoms with E-state index in [4.69, 9.17) is 9.47 Å². The molecule has 1 aromatic rings. The van der Waals surface area contributed by atoms with Gasteiger partial charge in [0, 0.05) is 6.54 Å². The third-order valence-corrected chi connectivity index (χ3v) is 2.54. The van der Waals surface area contributed by atoms with Gasteiger partial charge in [-0.2, -0.15) is 0 Å². The predicted molar refractivity (Wildman–Crippen MR) is 80.0 cm³/mol. The van der Waals surface area contributed by atoms with E-state index in [0.717, 1.165) is 43.0 Å². The molecular formula is C16H25NO2. The lowest BCUT2D eigenvalue weighted by atomic mass is 10.3. The Bertz CT molecular complexity index is 377. The molecule has 19 heavy (non-hydrogen) atoms. The van der Waals surface area contributed by atoms with Gasteiger partial charge in [0.15, 0.2) is 11.5 Å². The van der Waals surface area contributed by atoms with Gasteiger partial charge in [-0.3, -0.25) is 0 Å². The minimum absolute atomic E-state index is 0.517. The van der Waals surface area contributed by atoms with Crippen LogP contribution < -0.4 is 14.8 Å². The SMILES string of the molecule is C=C(CNCCC)COc1ccccc1OCCC. The second kappa shape index (κ2) is 9.45. The Morgan fingerprint density at radius 3 is 2.42 bits per heavy atom. The molecule has 3 nitrogen and oxygen atoms in total. The zero-order chi connectivity index (χ0) is 13.9. The number of benzene rings is 1. The number of nitrogens with one attached hydrogen (secondary N) is 1. The molecule has 0 aliphatic carbocycles. The second-order valence-electron chi connectivity index (χ2n) is 4.51. The first-order chi connectivity index (χ1) is 9.27. The molecule has 0 radical (unpaired) electrons. The highest BCUT2D eigenvalue weighted by Crippen LogP contribution is 2.26. The van der Waals surface area contributed by atoms with Crippen molar-refractivity contribution in [3.8, 4) is 11.5 Å². The average Bonchev–Trinajstić information content (AvgIpc) is 2.44. The van der Waals surface area contributed by atoms with Crippen molar-refractivity contribution in [1.82, 2.24) is 5.32 Å². The normalized spacial score (nSPS) is 10.2. The van der Waals surface area contributed by atoms with Gasteiger partial charge in [0.2, 0.25) is 0 Å². The van der Waals surface area contributed by atoms with Gasteiger partial charge in [-0.1, -0.05) is 32.6 Å². The molecule has 0 atom stereocenters. The zero-order valence-electron chi connectivity index (χ0n) is 12.1. The summed E-state index contributed by atoms with van der Waals surface area (Å²) >= 11 is 0. The quantitative estimate of drug-likeness (QED) is 0.518. The fraction of sp³-hybridized carbons (Fsp3) is 0.500. The summed E-state index contributed by atoms with van der Waals surface area (Å²) in [6, 6.07) is 7.77. The fourth-order valence-electron chi connectivity index (χ4n) is 1.57. The number of hydrogen-bond donors (Lipinski definition) is 1. The van der Waals surface area contributed by atoms with Gasteiger partial charge in [-0.05, 0) is 37.1 Å². The molecule has 0 amide bonds. The number of para-hydroxylation sites is 2. The highest BCUT2D eigenvalue weighted by Gasteiger charge is 2.04. The van der Waals surface area contributed by atoms with E-state index < -0.39 is 0 Å². The van der Waals surface area contributed by atoms with E-state index in [1.165, 1.54) is 0 Å². The maximum Gasteiger partial charge on any atom is 0.161 e. The van der Waals surface area contributed by atoms with Crippen molar-refractivity contribution in [3.63, 3.8) is 0 Å². The van der Waals surface area contributed by atoms with Crippen LogP contribution in [0.2, 0.25) is 0 Å². The van der Waals surface area contributed by atoms with Crippen LogP contribution in [0.5, 0.6) is 11.5 Å². The first kappa shape index (κ1) is 15.6. The van der Waals surface area contributed by atoms with Crippen LogP contribution in [0.25, 0.3) is 0 Å². The summed E-state index contributed by atoms with van der Waals surface area (Å²) in [5, 5.41) is 3.31. The zero-order valence-corrected chi connectivity index (χ0v) is 12.1. The molecule has 1 aromatic carbocycles. The smallest absolute Gasteiger partial charge is 0.161 e. The average molecular weight is 263 g/mol. The summed E-state index contributed by atoms with van der Waals surface area (Å²) in [5.74, 6) is 1.59. The van der Waals surface area contributed by atoms with Gasteiger partial charge >= 0.3 is 0 Å². The highest BCUT2D eigenvalue weighted by atomic mass is 16.5. The Hall–Kier alpha value is -1.48. The minimum Gasteiger partial charge on any atom is -0.490 e. The van der Waals surface area contributed by atoms with Crippen molar-refractivity contribution in [2.45, 2.75) is 26.7 Å². The maximum atomic E-state index is 5.76. The molecule has 0 unspecified atom stereocenters. The van der Waals surface area contributed by atoms with E-state index in [9.17, 15) is 0 Å². The van der Waals surface area contributed by atoms with E-state index in [1.54, 1.807) is 0 Å². The monoisotopic (exact) mass is 263 g/mol. The summed E-state index contributed by atoms with van der Waals surface area (Å²) in [4.78, 5) is 0. The molecule has 1 N–H and O–H groups in total. The lowest BCUT2D eigenvalue weighted by Crippen LogP contribution is -2.20. The van der Waals surface area contributed by atoms with E-state index in [-0.39, 0.29) is 0 Å². The minimum atomic E-state index is 0.517. The Kier molecular flexibility index (Phi) is 7.75. The van der Waals surface area contributed by atoms with E-state index in [1.807, 2.05) is 24.3 Å². The van der Waals surface area contributed by atoms with Crippen LogP contribution in [0.3, 0.4) is 0 Å². The lowest BCUT2D eigenvalue weighted by molar-refractivity contribution is 0.280. The molecule has 0 aliphatic rings. The molecule has 0 saturated heterocycles. The molecule has 0 fully saturated rings. The van der Waals surface area contributed by atoms with Crippen molar-refractivity contribution < 1.29 is 9.47 Å². The largest absolute Gasteiger partial charge is 0.490 e. The fourth-order valence-corrected chi connectivity index (χ4v) is 1.57. The highest BCUT2D eigenvalue weighted by molar-refractivity contribution is 5.39. The van der Waals surface area contributed by atoms with Gasteiger partial charge in [0.1, 0.15) is 6.61 Å². The second-order valence-corrected chi connectivity index (χ2v) is 4.51. The van der Waals surface area contributed by atoms with Crippen molar-refractivity contribution in [3.05, 3.63) is 36.4 Å². The third-order valence-electron chi connectivity index (χ3n) is 2.54. The van der Waals surface area contributed by atoms with Crippen LogP contribution in [0, 0.1) is 0 Å². The molecule has 0 bridgehead atoms. The maximum absolute atomic E-state index is 5.76. The molecule has 0 aromatic heterocycles. The molecule has 3 heteroatoms. The number of ether oxygens (including phenoxy) is 2. The number of hydrogen-bond acceptors (Lipinski definition) is 3. The molecule has 0 spiro atoms. The molecule has 0 heterocycles. The van der Waals surface area contributed by atoms with Gasteiger partial charge < -0.3 is 14.8 Å². The molecule has 1 rings (SSSR count). The topological polar surface area (TPSA) is 30.5 Å². The van der Waals surface area contributed by atoms with Crippen LogP contribution in [0.4, 0.5) is 0 Å². The molecule has 0 saturated carbocycles. The van der Waals surface area contributed by atoms with E-state index in [0.29, 0.717) is 13.2 Å². The van der Waals surface area contributed by atoms with Crippen molar-refractivity contribution in [2.24, 2.45) is 0 Å². The Balaban J connectivity index is 2.41. The van der Waals surface area contributed by atoms with Crippen LogP contribution in [0.1, 0.15) is 26.7 Å². The van der Waals surface area contributed by atoms with Crippen molar-refractivity contribution >= 4 is 0 Å². The Labute approximate surface area is 116 Å². The van der Waals surface area contributed by atoms with E-state index in [2.05, 4.69) is 25.7 Å². The van der Waals surface area contributed by atoms with Crippen LogP contribution in [-0.2, 0) is 0 Å². The summed E-state index contributed by atoms with van der Waals surface area (Å²) in [5.41, 5.74) is 1.04. The standard InChI is InChI=1S/C16H25NO2/c1-4-10-17-12-14(3)13-19-16-9-7-6-8-15(16)18-11-5-2/h6-9,17H,3-5,10-13H2,1-2H3. The van der Waals surface area contributed by atoms with Crippen molar-refractivity contribution in [1.29, 1.82) is 0 Å². The summed E-state index contributed by atoms with van der Waals surface area (Å²) in [7, 11) is 0. The third kappa shape index (κ3) is 6.30. The van der Waals surface area contributed by atoms with Crippen molar-refractivity contribution in [2.75, 3.05) is 26.3 Å². The Morgan fingerprint density at radius 2 is 1.79 bits per heavy atom. The van der Waals surface area contributed by atoms with Gasteiger partial charge in [0.05, 0.1) is 6.61 Å². The summed E-state index contributed by atoms with van der Waals surface area (Å²) < 4.78 is 11.4. The predicted octanol–water partition coefficient (Wildman–Crippen LogP) is 3.41. The van der Waals surface area contributed by atoms with Gasteiger partial charge in [0.25, 0.3) is 0 Å². The Morgan fingerprint density at radius 1 is 1.11 bits per heavy atom. The first-order valence-electron chi connectivity index (χ1n) is 6.99. The van der Waals surface area contributed by atoms with Gasteiger partial charge in [-0.15, -0.1) is 0 Å². The summed E-state index contributed by atoms with van der Waals surface area (Å²) in [6.45, 7) is 11.3. The lowest BCUT2D eigenvalue weighted by Gasteiger charge is -2.13. The molecular weight excluding hydrogens is 238 g/mol. The van der Waals surface area contributed by atoms with Crippen LogP contribution >= 0.6 is 0 Å². The molecule has 106 valence electrons. The molecule has 0 aliphatic heterocycles. The van der Waals surface area contributed by atoms with E-state index >= 15 is 0 Å². The van der Waals surface area contributed by atoms with Crippen LogP contribution in [0.15, 0.2) is 36.4 Å².